The van der Waals surface area contributed by atoms with Gasteiger partial charge >= 0.3 is 0 Å². The Morgan fingerprint density at radius 1 is 1.17 bits per heavy atom. The van der Waals surface area contributed by atoms with Crippen molar-refractivity contribution >= 4 is 5.78 Å². The first-order valence-electron chi connectivity index (χ1n) is 12.7. The SMILES string of the molecule is CC(C)=CCCC[C@@H](C)C1CCCC2C=CC3=CC(=O)CCC3(C)[C@H]2CCC1(C)C. The molecule has 30 heavy (non-hydrogen) atoms. The van der Waals surface area contributed by atoms with Gasteiger partial charge in [-0.1, -0.05) is 64.3 Å². The predicted molar refractivity (Wildman–Crippen MR) is 129 cm³/mol. The fourth-order valence-corrected chi connectivity index (χ4v) is 7.00. The molecular weight excluding hydrogens is 364 g/mol. The van der Waals surface area contributed by atoms with Crippen molar-refractivity contribution in [2.75, 3.05) is 0 Å². The van der Waals surface area contributed by atoms with E-state index in [1.807, 2.05) is 6.08 Å². The van der Waals surface area contributed by atoms with Crippen molar-refractivity contribution in [3.05, 3.63) is 35.5 Å². The first kappa shape index (κ1) is 23.6. The number of fused-ring (bicyclic) bond motifs is 3. The number of hydrogen-bond acceptors (Lipinski definition) is 1. The van der Waals surface area contributed by atoms with Gasteiger partial charge in [0.1, 0.15) is 0 Å². The summed E-state index contributed by atoms with van der Waals surface area (Å²) in [4.78, 5) is 12.1. The summed E-state index contributed by atoms with van der Waals surface area (Å²) in [6.07, 6.45) is 21.5. The molecule has 0 N–H and O–H groups in total. The summed E-state index contributed by atoms with van der Waals surface area (Å²) in [6.45, 7) is 14.5. The van der Waals surface area contributed by atoms with Gasteiger partial charge in [0.25, 0.3) is 0 Å². The van der Waals surface area contributed by atoms with Crippen LogP contribution < -0.4 is 0 Å². The molecule has 0 aliphatic heterocycles. The molecule has 1 heteroatoms. The minimum atomic E-state index is 0.208. The molecule has 0 aromatic carbocycles. The second-order valence-corrected chi connectivity index (χ2v) is 11.9. The van der Waals surface area contributed by atoms with Crippen molar-refractivity contribution in [1.82, 2.24) is 0 Å². The van der Waals surface area contributed by atoms with Gasteiger partial charge in [-0.25, -0.2) is 0 Å². The number of carbonyl (C=O) groups excluding carboxylic acids is 1. The molecule has 3 aliphatic rings. The lowest BCUT2D eigenvalue weighted by molar-refractivity contribution is -0.116. The molecule has 0 heterocycles. The van der Waals surface area contributed by atoms with Crippen molar-refractivity contribution in [3.8, 4) is 0 Å². The van der Waals surface area contributed by atoms with Gasteiger partial charge in [0, 0.05) is 6.42 Å². The van der Waals surface area contributed by atoms with Crippen LogP contribution in [0.3, 0.4) is 0 Å². The second kappa shape index (κ2) is 9.58. The van der Waals surface area contributed by atoms with E-state index in [-0.39, 0.29) is 5.41 Å². The van der Waals surface area contributed by atoms with Crippen LogP contribution in [0.15, 0.2) is 35.5 Å². The zero-order valence-electron chi connectivity index (χ0n) is 20.6. The molecule has 0 spiro atoms. The molecule has 1 saturated carbocycles. The Hall–Kier alpha value is -1.11. The zero-order valence-corrected chi connectivity index (χ0v) is 20.6. The van der Waals surface area contributed by atoms with Crippen molar-refractivity contribution in [2.45, 2.75) is 106 Å². The maximum Gasteiger partial charge on any atom is 0.156 e. The van der Waals surface area contributed by atoms with Gasteiger partial charge < -0.3 is 0 Å². The van der Waals surface area contributed by atoms with Crippen molar-refractivity contribution in [1.29, 1.82) is 0 Å². The Bertz CT molecular complexity index is 702. The summed E-state index contributed by atoms with van der Waals surface area (Å²) in [5, 5.41) is 0. The van der Waals surface area contributed by atoms with Gasteiger partial charge in [0.05, 0.1) is 0 Å². The van der Waals surface area contributed by atoms with Crippen LogP contribution in [0, 0.1) is 34.5 Å². The van der Waals surface area contributed by atoms with Gasteiger partial charge in [0.15, 0.2) is 5.78 Å². The van der Waals surface area contributed by atoms with E-state index in [1.54, 1.807) is 0 Å². The van der Waals surface area contributed by atoms with Crippen molar-refractivity contribution in [2.24, 2.45) is 34.5 Å². The molecular formula is C29H46O. The van der Waals surface area contributed by atoms with Crippen LogP contribution in [0.1, 0.15) is 106 Å². The molecule has 0 radical (unpaired) electrons. The Morgan fingerprint density at radius 3 is 2.67 bits per heavy atom. The minimum Gasteiger partial charge on any atom is -0.295 e. The van der Waals surface area contributed by atoms with Crippen LogP contribution >= 0.6 is 0 Å². The Balaban J connectivity index is 1.73. The average Bonchev–Trinajstić information content (AvgIpc) is 2.73. The Kier molecular flexibility index (Phi) is 7.52. The second-order valence-electron chi connectivity index (χ2n) is 11.9. The number of unbranched alkanes of at least 4 members (excludes halogenated alkanes) is 1. The number of rotatable bonds is 5. The van der Waals surface area contributed by atoms with E-state index in [9.17, 15) is 4.79 Å². The van der Waals surface area contributed by atoms with Gasteiger partial charge in [-0.3, -0.25) is 4.79 Å². The normalized spacial score (nSPS) is 34.5. The smallest absolute Gasteiger partial charge is 0.156 e. The lowest BCUT2D eigenvalue weighted by atomic mass is 9.56. The summed E-state index contributed by atoms with van der Waals surface area (Å²) in [7, 11) is 0. The lowest BCUT2D eigenvalue weighted by Gasteiger charge is -2.48. The van der Waals surface area contributed by atoms with Crippen LogP contribution in [0.4, 0.5) is 0 Å². The van der Waals surface area contributed by atoms with E-state index in [4.69, 9.17) is 0 Å². The zero-order chi connectivity index (χ0) is 21.9. The minimum absolute atomic E-state index is 0.208. The van der Waals surface area contributed by atoms with Gasteiger partial charge in [0.2, 0.25) is 0 Å². The highest BCUT2D eigenvalue weighted by Gasteiger charge is 2.46. The van der Waals surface area contributed by atoms with E-state index < -0.39 is 0 Å². The molecule has 3 unspecified atom stereocenters. The Labute approximate surface area is 186 Å². The largest absolute Gasteiger partial charge is 0.295 e. The van der Waals surface area contributed by atoms with Gasteiger partial charge in [-0.2, -0.15) is 0 Å². The molecule has 0 aromatic rings. The topological polar surface area (TPSA) is 17.1 Å². The third-order valence-electron chi connectivity index (χ3n) is 8.98. The molecule has 0 bridgehead atoms. The maximum atomic E-state index is 12.1. The first-order chi connectivity index (χ1) is 14.1. The van der Waals surface area contributed by atoms with E-state index >= 15 is 0 Å². The number of carbonyl (C=O) groups is 1. The summed E-state index contributed by atoms with van der Waals surface area (Å²) in [5.74, 6) is 3.36. The van der Waals surface area contributed by atoms with Gasteiger partial charge in [-0.05, 0) is 105 Å². The fourth-order valence-electron chi connectivity index (χ4n) is 7.00. The van der Waals surface area contributed by atoms with Crippen molar-refractivity contribution < 1.29 is 4.79 Å². The Morgan fingerprint density at radius 2 is 1.93 bits per heavy atom. The van der Waals surface area contributed by atoms with Crippen LogP contribution in [0.5, 0.6) is 0 Å². The van der Waals surface area contributed by atoms with E-state index in [0.29, 0.717) is 23.0 Å². The highest BCUT2D eigenvalue weighted by molar-refractivity contribution is 5.92. The molecule has 1 nitrogen and oxygen atoms in total. The predicted octanol–water partition coefficient (Wildman–Crippen LogP) is 8.46. The molecule has 168 valence electrons. The number of allylic oxidation sites excluding steroid dienone is 6. The molecule has 0 aromatic heterocycles. The summed E-state index contributed by atoms with van der Waals surface area (Å²) < 4.78 is 0. The molecule has 0 saturated heterocycles. The molecule has 3 rings (SSSR count). The highest BCUT2D eigenvalue weighted by Crippen LogP contribution is 2.55. The molecule has 3 aliphatic carbocycles. The van der Waals surface area contributed by atoms with E-state index in [2.05, 4.69) is 59.8 Å². The summed E-state index contributed by atoms with van der Waals surface area (Å²) >= 11 is 0. The molecule has 0 amide bonds. The fraction of sp³-hybridized carbons (Fsp3) is 0.759. The third-order valence-corrected chi connectivity index (χ3v) is 8.98. The number of hydrogen-bond donors (Lipinski definition) is 0. The maximum absolute atomic E-state index is 12.1. The van der Waals surface area contributed by atoms with Crippen LogP contribution in [-0.4, -0.2) is 5.78 Å². The average molecular weight is 411 g/mol. The molecule has 1 fully saturated rings. The van der Waals surface area contributed by atoms with E-state index in [0.717, 1.165) is 24.7 Å². The first-order valence-corrected chi connectivity index (χ1v) is 12.7. The summed E-state index contributed by atoms with van der Waals surface area (Å²) in [5.41, 5.74) is 3.38. The highest BCUT2D eigenvalue weighted by atomic mass is 16.1. The standard InChI is InChI=1S/C29H46O/c1-21(2)10-7-8-11-22(3)26-13-9-12-23-14-15-24-20-25(30)16-19-29(24,6)27(23)17-18-28(26,4)5/h10,14-15,20,22-23,26-27H,7-9,11-13,16-19H2,1-6H3/t22-,23?,26?,27+,29?/m1/s1. The summed E-state index contributed by atoms with van der Waals surface area (Å²) in [6, 6.07) is 0. The number of ketones is 1. The van der Waals surface area contributed by atoms with Crippen LogP contribution in [0.25, 0.3) is 0 Å². The van der Waals surface area contributed by atoms with Crippen molar-refractivity contribution in [3.63, 3.8) is 0 Å². The lowest BCUT2D eigenvalue weighted by Crippen LogP contribution is -2.39. The third kappa shape index (κ3) is 5.20. The van der Waals surface area contributed by atoms with Crippen LogP contribution in [-0.2, 0) is 4.79 Å². The van der Waals surface area contributed by atoms with Gasteiger partial charge in [-0.15, -0.1) is 0 Å². The van der Waals surface area contributed by atoms with E-state index in [1.165, 1.54) is 62.5 Å². The molecule has 5 atom stereocenters. The quantitative estimate of drug-likeness (QED) is 0.328. The van der Waals surface area contributed by atoms with Crippen LogP contribution in [0.2, 0.25) is 0 Å². The monoisotopic (exact) mass is 410 g/mol.